The second kappa shape index (κ2) is 9.38. The number of benzene rings is 3. The number of hydrogen-bond acceptors (Lipinski definition) is 6. The van der Waals surface area contributed by atoms with Gasteiger partial charge in [0.15, 0.2) is 0 Å². The minimum atomic E-state index is -3.92. The number of aryl methyl sites for hydroxylation is 1. The van der Waals surface area contributed by atoms with Crippen LogP contribution in [-0.2, 0) is 9.84 Å². The van der Waals surface area contributed by atoms with Crippen molar-refractivity contribution >= 4 is 21.6 Å². The Morgan fingerprint density at radius 2 is 1.43 bits per heavy atom. The third-order valence-electron chi connectivity index (χ3n) is 6.14. The van der Waals surface area contributed by atoms with E-state index in [9.17, 15) is 13.2 Å². The largest absolute Gasteiger partial charge is 0.419 e. The highest BCUT2D eigenvalue weighted by atomic mass is 32.2. The van der Waals surface area contributed by atoms with Crippen LogP contribution in [0.4, 0.5) is 5.88 Å². The Balaban J connectivity index is 1.49. The zero-order valence-electron chi connectivity index (χ0n) is 19.3. The van der Waals surface area contributed by atoms with Crippen LogP contribution in [0.2, 0.25) is 0 Å². The van der Waals surface area contributed by atoms with Gasteiger partial charge in [-0.15, -0.1) is 0 Å². The Kier molecular flexibility index (Phi) is 6.13. The van der Waals surface area contributed by atoms with Crippen LogP contribution < -0.4 is 4.90 Å². The van der Waals surface area contributed by atoms with Crippen molar-refractivity contribution in [2.75, 3.05) is 31.1 Å². The standard InChI is InChI=1S/C27H25N3O4S/c1-20-10-8-9-15-23(20)24-28-25(35(32,33)22-13-6-3-7-14-22)27(34-24)30-18-16-29(17-19-30)26(31)21-11-4-2-5-12-21/h2-15H,16-19H2,1H3. The fraction of sp³-hybridized carbons (Fsp3) is 0.185. The summed E-state index contributed by atoms with van der Waals surface area (Å²) in [6, 6.07) is 25.0. The molecule has 2 heterocycles. The molecule has 4 aromatic rings. The zero-order chi connectivity index (χ0) is 24.4. The van der Waals surface area contributed by atoms with Gasteiger partial charge in [-0.1, -0.05) is 54.6 Å². The molecule has 1 fully saturated rings. The Labute approximate surface area is 204 Å². The number of oxazole rings is 1. The van der Waals surface area contributed by atoms with Crippen LogP contribution in [0, 0.1) is 6.92 Å². The lowest BCUT2D eigenvalue weighted by molar-refractivity contribution is 0.0745. The maximum atomic E-state index is 13.6. The minimum absolute atomic E-state index is 0.0412. The number of hydrogen-bond donors (Lipinski definition) is 0. The number of nitrogens with zero attached hydrogens (tertiary/aromatic N) is 3. The molecule has 35 heavy (non-hydrogen) atoms. The number of carbonyl (C=O) groups excluding carboxylic acids is 1. The molecule has 0 saturated carbocycles. The number of carbonyl (C=O) groups is 1. The number of aromatic nitrogens is 1. The Morgan fingerprint density at radius 1 is 0.829 bits per heavy atom. The molecule has 5 rings (SSSR count). The van der Waals surface area contributed by atoms with E-state index in [0.29, 0.717) is 31.7 Å². The molecule has 0 unspecified atom stereocenters. The summed E-state index contributed by atoms with van der Waals surface area (Å²) in [6.45, 7) is 3.67. The molecular formula is C27H25N3O4S. The third-order valence-corrected chi connectivity index (χ3v) is 7.81. The molecule has 0 radical (unpaired) electrons. The molecular weight excluding hydrogens is 462 g/mol. The maximum Gasteiger partial charge on any atom is 0.253 e. The van der Waals surface area contributed by atoms with Crippen molar-refractivity contribution in [1.29, 1.82) is 0 Å². The SMILES string of the molecule is Cc1ccccc1-c1nc(S(=O)(=O)c2ccccc2)c(N2CCN(C(=O)c3ccccc3)CC2)o1. The lowest BCUT2D eigenvalue weighted by Gasteiger charge is -2.34. The molecule has 1 aromatic heterocycles. The van der Waals surface area contributed by atoms with Crippen molar-refractivity contribution in [1.82, 2.24) is 9.88 Å². The van der Waals surface area contributed by atoms with Crippen LogP contribution in [0.5, 0.6) is 0 Å². The molecule has 0 atom stereocenters. The van der Waals surface area contributed by atoms with E-state index >= 15 is 0 Å². The molecule has 0 N–H and O–H groups in total. The average Bonchev–Trinajstić information content (AvgIpc) is 3.36. The highest BCUT2D eigenvalue weighted by Crippen LogP contribution is 2.36. The van der Waals surface area contributed by atoms with E-state index in [1.165, 1.54) is 0 Å². The molecule has 7 nitrogen and oxygen atoms in total. The van der Waals surface area contributed by atoms with Gasteiger partial charge in [-0.3, -0.25) is 4.79 Å². The fourth-order valence-electron chi connectivity index (χ4n) is 4.19. The normalized spacial score (nSPS) is 14.2. The lowest BCUT2D eigenvalue weighted by atomic mass is 10.1. The molecule has 1 amide bonds. The highest BCUT2D eigenvalue weighted by molar-refractivity contribution is 7.91. The van der Waals surface area contributed by atoms with Gasteiger partial charge in [-0.25, -0.2) is 8.42 Å². The second-order valence-corrected chi connectivity index (χ2v) is 10.3. The van der Waals surface area contributed by atoms with Crippen molar-refractivity contribution < 1.29 is 17.6 Å². The summed E-state index contributed by atoms with van der Waals surface area (Å²) < 4.78 is 33.3. The van der Waals surface area contributed by atoms with Crippen LogP contribution in [-0.4, -0.2) is 50.4 Å². The summed E-state index contributed by atoms with van der Waals surface area (Å²) in [7, 11) is -3.92. The average molecular weight is 488 g/mol. The smallest absolute Gasteiger partial charge is 0.253 e. The summed E-state index contributed by atoms with van der Waals surface area (Å²) in [4.78, 5) is 21.1. The number of sulfone groups is 1. The van der Waals surface area contributed by atoms with Gasteiger partial charge in [-0.2, -0.15) is 4.98 Å². The number of rotatable bonds is 5. The van der Waals surface area contributed by atoms with Crippen LogP contribution in [0.25, 0.3) is 11.5 Å². The predicted molar refractivity (Wildman–Crippen MR) is 133 cm³/mol. The summed E-state index contributed by atoms with van der Waals surface area (Å²) >= 11 is 0. The first kappa shape index (κ1) is 22.9. The van der Waals surface area contributed by atoms with Gasteiger partial charge in [0.1, 0.15) is 0 Å². The van der Waals surface area contributed by atoms with Crippen molar-refractivity contribution in [3.05, 3.63) is 96.1 Å². The van der Waals surface area contributed by atoms with E-state index in [1.54, 1.807) is 47.4 Å². The Hall–Kier alpha value is -3.91. The summed E-state index contributed by atoms with van der Waals surface area (Å²) in [5.74, 6) is 0.426. The first-order valence-electron chi connectivity index (χ1n) is 11.4. The van der Waals surface area contributed by atoms with E-state index in [0.717, 1.165) is 11.1 Å². The van der Waals surface area contributed by atoms with E-state index in [-0.39, 0.29) is 27.6 Å². The molecule has 1 aliphatic heterocycles. The lowest BCUT2D eigenvalue weighted by Crippen LogP contribution is -2.49. The molecule has 1 aliphatic rings. The molecule has 3 aromatic carbocycles. The summed E-state index contributed by atoms with van der Waals surface area (Å²) in [5, 5.41) is -0.107. The predicted octanol–water partition coefficient (Wildman–Crippen LogP) is 4.45. The molecule has 8 heteroatoms. The number of amides is 1. The van der Waals surface area contributed by atoms with Gasteiger partial charge in [0.05, 0.1) is 4.90 Å². The monoisotopic (exact) mass is 487 g/mol. The van der Waals surface area contributed by atoms with Crippen molar-refractivity contribution in [2.24, 2.45) is 0 Å². The first-order valence-corrected chi connectivity index (χ1v) is 12.9. The van der Waals surface area contributed by atoms with Crippen LogP contribution >= 0.6 is 0 Å². The molecule has 178 valence electrons. The zero-order valence-corrected chi connectivity index (χ0v) is 20.1. The molecule has 0 aliphatic carbocycles. The van der Waals surface area contributed by atoms with E-state index in [4.69, 9.17) is 4.42 Å². The molecule has 0 bridgehead atoms. The van der Waals surface area contributed by atoms with Gasteiger partial charge in [0, 0.05) is 37.3 Å². The topological polar surface area (TPSA) is 83.7 Å². The van der Waals surface area contributed by atoms with E-state index < -0.39 is 9.84 Å². The number of piperazine rings is 1. The third kappa shape index (κ3) is 4.44. The van der Waals surface area contributed by atoms with Gasteiger partial charge < -0.3 is 14.2 Å². The first-order chi connectivity index (χ1) is 16.9. The Bertz CT molecular complexity index is 1440. The molecule has 1 saturated heterocycles. The number of anilines is 1. The fourth-order valence-corrected chi connectivity index (χ4v) is 5.53. The quantitative estimate of drug-likeness (QED) is 0.414. The van der Waals surface area contributed by atoms with Crippen molar-refractivity contribution in [3.63, 3.8) is 0 Å². The van der Waals surface area contributed by atoms with E-state index in [2.05, 4.69) is 4.98 Å². The van der Waals surface area contributed by atoms with E-state index in [1.807, 2.05) is 54.3 Å². The minimum Gasteiger partial charge on any atom is -0.419 e. The summed E-state index contributed by atoms with van der Waals surface area (Å²) in [5.41, 5.74) is 2.30. The maximum absolute atomic E-state index is 13.6. The van der Waals surface area contributed by atoms with Crippen molar-refractivity contribution in [2.45, 2.75) is 16.8 Å². The van der Waals surface area contributed by atoms with Crippen molar-refractivity contribution in [3.8, 4) is 11.5 Å². The Morgan fingerprint density at radius 3 is 2.09 bits per heavy atom. The van der Waals surface area contributed by atoms with Gasteiger partial charge in [0.25, 0.3) is 5.91 Å². The van der Waals surface area contributed by atoms with Crippen LogP contribution in [0.3, 0.4) is 0 Å². The van der Waals surface area contributed by atoms with Gasteiger partial charge in [-0.05, 0) is 42.8 Å². The highest BCUT2D eigenvalue weighted by Gasteiger charge is 2.33. The van der Waals surface area contributed by atoms with Crippen LogP contribution in [0.1, 0.15) is 15.9 Å². The van der Waals surface area contributed by atoms with Crippen LogP contribution in [0.15, 0.2) is 99.3 Å². The van der Waals surface area contributed by atoms with Gasteiger partial charge >= 0.3 is 0 Å². The second-order valence-electron chi connectivity index (χ2n) is 8.41. The van der Waals surface area contributed by atoms with Gasteiger partial charge in [0.2, 0.25) is 26.6 Å². The molecule has 0 spiro atoms. The summed E-state index contributed by atoms with van der Waals surface area (Å²) in [6.07, 6.45) is 0.